The molecular weight excluding hydrogens is 417 g/mol. The van der Waals surface area contributed by atoms with Gasteiger partial charge in [-0.2, -0.15) is 0 Å². The molecule has 4 nitrogen and oxygen atoms in total. The van der Waals surface area contributed by atoms with E-state index in [0.717, 1.165) is 26.6 Å². The number of thioether (sulfide) groups is 1. The normalized spacial score (nSPS) is 11.1. The average molecular weight is 436 g/mol. The quantitative estimate of drug-likeness (QED) is 0.484. The first-order valence-corrected chi connectivity index (χ1v) is 9.92. The molecule has 0 spiro atoms. The molecule has 0 aliphatic rings. The van der Waals surface area contributed by atoms with Crippen LogP contribution in [0.2, 0.25) is 0 Å². The van der Waals surface area contributed by atoms with E-state index in [2.05, 4.69) is 49.8 Å². The molecule has 0 saturated carbocycles. The van der Waals surface area contributed by atoms with Crippen molar-refractivity contribution in [1.29, 1.82) is 0 Å². The minimum Gasteiger partial charge on any atom is -0.383 e. The molecule has 3 rings (SSSR count). The zero-order valence-electron chi connectivity index (χ0n) is 14.6. The predicted molar refractivity (Wildman–Crippen MR) is 106 cm³/mol. The first kappa shape index (κ1) is 19.1. The summed E-state index contributed by atoms with van der Waals surface area (Å²) in [7, 11) is 1.68. The van der Waals surface area contributed by atoms with Gasteiger partial charge in [0.15, 0.2) is 11.0 Å². The van der Waals surface area contributed by atoms with Gasteiger partial charge in [-0.1, -0.05) is 57.5 Å². The lowest BCUT2D eigenvalue weighted by atomic mass is 10.1. The number of rotatable bonds is 7. The maximum atomic E-state index is 13.3. The first-order valence-electron chi connectivity index (χ1n) is 8.14. The number of methoxy groups -OCH3 is 1. The van der Waals surface area contributed by atoms with Crippen molar-refractivity contribution in [3.8, 4) is 11.4 Å². The summed E-state index contributed by atoms with van der Waals surface area (Å²) in [5.74, 6) is 1.24. The molecule has 0 amide bonds. The van der Waals surface area contributed by atoms with Crippen molar-refractivity contribution in [3.63, 3.8) is 0 Å². The molecule has 0 unspecified atom stereocenters. The number of hydrogen-bond donors (Lipinski definition) is 0. The molecule has 0 bridgehead atoms. The zero-order chi connectivity index (χ0) is 18.5. The highest BCUT2D eigenvalue weighted by Gasteiger charge is 2.15. The Balaban J connectivity index is 1.86. The van der Waals surface area contributed by atoms with Crippen LogP contribution in [0.1, 0.15) is 11.1 Å². The Hall–Kier alpha value is -1.70. The number of aromatic nitrogens is 3. The maximum absolute atomic E-state index is 13.3. The van der Waals surface area contributed by atoms with Gasteiger partial charge >= 0.3 is 0 Å². The number of aryl methyl sites for hydroxylation is 1. The van der Waals surface area contributed by atoms with Gasteiger partial charge in [-0.05, 0) is 30.7 Å². The summed E-state index contributed by atoms with van der Waals surface area (Å²) < 4.78 is 21.3. The van der Waals surface area contributed by atoms with Crippen molar-refractivity contribution < 1.29 is 9.13 Å². The minimum atomic E-state index is -0.254. The van der Waals surface area contributed by atoms with E-state index in [-0.39, 0.29) is 5.82 Å². The van der Waals surface area contributed by atoms with E-state index in [9.17, 15) is 4.39 Å². The Morgan fingerprint density at radius 1 is 1.19 bits per heavy atom. The zero-order valence-corrected chi connectivity index (χ0v) is 17.0. The van der Waals surface area contributed by atoms with E-state index in [4.69, 9.17) is 4.74 Å². The summed E-state index contributed by atoms with van der Waals surface area (Å²) in [6.07, 6.45) is 0. The van der Waals surface area contributed by atoms with Crippen LogP contribution in [0.5, 0.6) is 0 Å². The highest BCUT2D eigenvalue weighted by Crippen LogP contribution is 2.29. The molecule has 7 heteroatoms. The Bertz CT molecular complexity index is 900. The molecule has 0 N–H and O–H groups in total. The summed E-state index contributed by atoms with van der Waals surface area (Å²) in [5.41, 5.74) is 3.21. The van der Waals surface area contributed by atoms with E-state index < -0.39 is 0 Å². The van der Waals surface area contributed by atoms with Gasteiger partial charge in [0, 0.05) is 22.9 Å². The van der Waals surface area contributed by atoms with Crippen LogP contribution >= 0.6 is 27.7 Å². The molecule has 1 heterocycles. The monoisotopic (exact) mass is 435 g/mol. The average Bonchev–Trinajstić information content (AvgIpc) is 3.02. The van der Waals surface area contributed by atoms with Crippen molar-refractivity contribution in [1.82, 2.24) is 14.8 Å². The third kappa shape index (κ3) is 4.52. The molecular formula is C19H19BrFN3OS. The maximum Gasteiger partial charge on any atom is 0.191 e. The fourth-order valence-electron chi connectivity index (χ4n) is 2.56. The van der Waals surface area contributed by atoms with Crippen molar-refractivity contribution in [2.75, 3.05) is 13.7 Å². The molecule has 1 aromatic heterocycles. The van der Waals surface area contributed by atoms with Gasteiger partial charge in [-0.3, -0.25) is 4.57 Å². The number of hydrogen-bond acceptors (Lipinski definition) is 4. The second kappa shape index (κ2) is 8.79. The van der Waals surface area contributed by atoms with Crippen molar-refractivity contribution in [3.05, 3.63) is 63.9 Å². The molecule has 0 saturated heterocycles. The lowest BCUT2D eigenvalue weighted by Crippen LogP contribution is -2.07. The predicted octanol–water partition coefficient (Wildman–Crippen LogP) is 5.09. The SMILES string of the molecule is COCCn1c(SCc2ccc(F)cc2Br)nnc1-c1cccc(C)c1. The highest BCUT2D eigenvalue weighted by molar-refractivity contribution is 9.10. The van der Waals surface area contributed by atoms with Crippen LogP contribution in [-0.4, -0.2) is 28.5 Å². The smallest absolute Gasteiger partial charge is 0.191 e. The Morgan fingerprint density at radius 3 is 2.77 bits per heavy atom. The first-order chi connectivity index (χ1) is 12.6. The summed E-state index contributed by atoms with van der Waals surface area (Å²) in [4.78, 5) is 0. The van der Waals surface area contributed by atoms with Crippen LogP contribution in [0.4, 0.5) is 4.39 Å². The van der Waals surface area contributed by atoms with Gasteiger partial charge < -0.3 is 4.74 Å². The van der Waals surface area contributed by atoms with E-state index in [1.165, 1.54) is 17.7 Å². The second-order valence-electron chi connectivity index (χ2n) is 5.84. The van der Waals surface area contributed by atoms with Crippen molar-refractivity contribution in [2.45, 2.75) is 24.4 Å². The highest BCUT2D eigenvalue weighted by atomic mass is 79.9. The van der Waals surface area contributed by atoms with Gasteiger partial charge in [0.05, 0.1) is 13.2 Å². The van der Waals surface area contributed by atoms with Crippen LogP contribution < -0.4 is 0 Å². The standard InChI is InChI=1S/C19H19BrFN3OS/c1-13-4-3-5-14(10-13)18-22-23-19(24(18)8-9-25-2)26-12-15-6-7-16(21)11-17(15)20/h3-7,10-11H,8-9,12H2,1-2H3. The molecule has 2 aromatic carbocycles. The third-order valence-corrected chi connectivity index (χ3v) is 5.64. The topological polar surface area (TPSA) is 39.9 Å². The van der Waals surface area contributed by atoms with Gasteiger partial charge in [-0.25, -0.2) is 4.39 Å². The van der Waals surface area contributed by atoms with Gasteiger partial charge in [0.1, 0.15) is 5.82 Å². The summed E-state index contributed by atoms with van der Waals surface area (Å²) in [6.45, 7) is 3.30. The molecule has 26 heavy (non-hydrogen) atoms. The third-order valence-electron chi connectivity index (χ3n) is 3.88. The van der Waals surface area contributed by atoms with Crippen molar-refractivity contribution in [2.24, 2.45) is 0 Å². The fraction of sp³-hybridized carbons (Fsp3) is 0.263. The van der Waals surface area contributed by atoms with E-state index in [1.54, 1.807) is 24.9 Å². The molecule has 136 valence electrons. The number of ether oxygens (including phenoxy) is 1. The largest absolute Gasteiger partial charge is 0.383 e. The number of benzene rings is 2. The molecule has 0 fully saturated rings. The molecule has 3 aromatic rings. The van der Waals surface area contributed by atoms with Gasteiger partial charge in [0.25, 0.3) is 0 Å². The van der Waals surface area contributed by atoms with Crippen molar-refractivity contribution >= 4 is 27.7 Å². The van der Waals surface area contributed by atoms with Gasteiger partial charge in [-0.15, -0.1) is 10.2 Å². The van der Waals surface area contributed by atoms with E-state index in [1.807, 2.05) is 12.1 Å². The van der Waals surface area contributed by atoms with Crippen LogP contribution in [0, 0.1) is 12.7 Å². The lowest BCUT2D eigenvalue weighted by Gasteiger charge is -2.10. The van der Waals surface area contributed by atoms with Crippen LogP contribution in [0.15, 0.2) is 52.1 Å². The molecule has 0 atom stereocenters. The Morgan fingerprint density at radius 2 is 2.04 bits per heavy atom. The number of nitrogens with zero attached hydrogens (tertiary/aromatic N) is 3. The summed E-state index contributed by atoms with van der Waals surface area (Å²) >= 11 is 4.99. The molecule has 0 aliphatic heterocycles. The van der Waals surface area contributed by atoms with E-state index >= 15 is 0 Å². The number of halogens is 2. The van der Waals surface area contributed by atoms with Gasteiger partial charge in [0.2, 0.25) is 0 Å². The summed E-state index contributed by atoms with van der Waals surface area (Å²) in [6, 6.07) is 12.9. The Kier molecular flexibility index (Phi) is 6.45. The molecule has 0 aliphatic carbocycles. The summed E-state index contributed by atoms with van der Waals surface area (Å²) in [5, 5.41) is 9.58. The lowest BCUT2D eigenvalue weighted by molar-refractivity contribution is 0.185. The van der Waals surface area contributed by atoms with Crippen LogP contribution in [-0.2, 0) is 17.0 Å². The Labute approximate surface area is 164 Å². The van der Waals surface area contributed by atoms with Crippen LogP contribution in [0.25, 0.3) is 11.4 Å². The fourth-order valence-corrected chi connectivity index (χ4v) is 4.20. The van der Waals surface area contributed by atoms with Crippen LogP contribution in [0.3, 0.4) is 0 Å². The van der Waals surface area contributed by atoms with E-state index in [0.29, 0.717) is 18.9 Å². The minimum absolute atomic E-state index is 0.254. The second-order valence-corrected chi connectivity index (χ2v) is 7.64. The molecule has 0 radical (unpaired) electrons.